The molecule has 0 saturated carbocycles. The molecular weight excluding hydrogens is 262 g/mol. The van der Waals surface area contributed by atoms with Crippen LogP contribution in [-0.2, 0) is 9.59 Å². The van der Waals surface area contributed by atoms with Crippen LogP contribution in [0.5, 0.6) is 0 Å². The minimum atomic E-state index is -1.23. The highest BCUT2D eigenvalue weighted by atomic mass is 16.4. The van der Waals surface area contributed by atoms with Crippen molar-refractivity contribution in [3.05, 3.63) is 12.2 Å². The largest absolute Gasteiger partial charge is 0.478 e. The Labute approximate surface area is 118 Å². The highest BCUT2D eigenvalue weighted by molar-refractivity contribution is 6.02. The first-order valence-electron chi connectivity index (χ1n) is 6.65. The number of aliphatic carboxylic acids is 1. The van der Waals surface area contributed by atoms with Crippen LogP contribution in [0.2, 0.25) is 0 Å². The smallest absolute Gasteiger partial charge is 0.328 e. The fourth-order valence-corrected chi connectivity index (χ4v) is 2.09. The molecule has 0 spiro atoms. The molecule has 0 radical (unpaired) electrons. The van der Waals surface area contributed by atoms with Gasteiger partial charge in [0.25, 0.3) is 5.91 Å². The number of carboxylic acids is 1. The van der Waals surface area contributed by atoms with Crippen LogP contribution < -0.4 is 10.6 Å². The van der Waals surface area contributed by atoms with Gasteiger partial charge < -0.3 is 15.3 Å². The third kappa shape index (κ3) is 6.89. The summed E-state index contributed by atoms with van der Waals surface area (Å²) in [4.78, 5) is 35.0. The molecule has 0 aromatic carbocycles. The van der Waals surface area contributed by atoms with Crippen molar-refractivity contribution in [3.63, 3.8) is 0 Å². The van der Waals surface area contributed by atoms with E-state index >= 15 is 0 Å². The maximum Gasteiger partial charge on any atom is 0.328 e. The lowest BCUT2D eigenvalue weighted by Crippen LogP contribution is -2.40. The summed E-state index contributed by atoms with van der Waals surface area (Å²) in [6, 6.07) is -0.599. The fraction of sp³-hybridized carbons (Fsp3) is 0.615. The van der Waals surface area contributed by atoms with E-state index in [1.165, 1.54) is 0 Å². The molecule has 0 atom stereocenters. The number of piperidine rings is 1. The topological polar surface area (TPSA) is 98.7 Å². The number of hydrogen-bond donors (Lipinski definition) is 3. The summed E-state index contributed by atoms with van der Waals surface area (Å²) in [6.45, 7) is 2.67. The van der Waals surface area contributed by atoms with E-state index in [4.69, 9.17) is 5.11 Å². The van der Waals surface area contributed by atoms with Gasteiger partial charge in [0, 0.05) is 18.7 Å². The van der Waals surface area contributed by atoms with Gasteiger partial charge in [-0.3, -0.25) is 10.1 Å². The lowest BCUT2D eigenvalue weighted by molar-refractivity contribution is -0.131. The number of carbonyl (C=O) groups is 3. The normalized spacial score (nSPS) is 17.1. The summed E-state index contributed by atoms with van der Waals surface area (Å²) in [5, 5.41) is 13.0. The van der Waals surface area contributed by atoms with Gasteiger partial charge in [0.15, 0.2) is 0 Å². The van der Waals surface area contributed by atoms with E-state index < -0.39 is 17.9 Å². The van der Waals surface area contributed by atoms with Crippen molar-refractivity contribution in [1.29, 1.82) is 0 Å². The Morgan fingerprint density at radius 1 is 1.25 bits per heavy atom. The minimum absolute atomic E-state index is 0.510. The zero-order valence-corrected chi connectivity index (χ0v) is 11.6. The lowest BCUT2D eigenvalue weighted by atomic mass is 9.94. The number of likely N-dealkylation sites (tertiary alicyclic amines) is 1. The van der Waals surface area contributed by atoms with Crippen molar-refractivity contribution in [2.45, 2.75) is 19.3 Å². The highest BCUT2D eigenvalue weighted by Crippen LogP contribution is 2.18. The molecule has 0 unspecified atom stereocenters. The van der Waals surface area contributed by atoms with Crippen LogP contribution in [0.3, 0.4) is 0 Å². The monoisotopic (exact) mass is 283 g/mol. The molecule has 3 N–H and O–H groups in total. The zero-order valence-electron chi connectivity index (χ0n) is 11.6. The molecule has 1 aliphatic heterocycles. The van der Waals surface area contributed by atoms with E-state index in [1.54, 1.807) is 0 Å². The van der Waals surface area contributed by atoms with Gasteiger partial charge >= 0.3 is 12.0 Å². The van der Waals surface area contributed by atoms with E-state index in [9.17, 15) is 14.4 Å². The molecule has 0 aromatic rings. The summed E-state index contributed by atoms with van der Waals surface area (Å²) in [5.74, 6) is -1.37. The van der Waals surface area contributed by atoms with Crippen LogP contribution in [0.1, 0.15) is 19.3 Å². The highest BCUT2D eigenvalue weighted by Gasteiger charge is 2.16. The summed E-state index contributed by atoms with van der Waals surface area (Å²) in [5.41, 5.74) is 0. The van der Waals surface area contributed by atoms with Crippen molar-refractivity contribution in [3.8, 4) is 0 Å². The first-order valence-corrected chi connectivity index (χ1v) is 6.65. The van der Waals surface area contributed by atoms with Gasteiger partial charge in [-0.15, -0.1) is 0 Å². The predicted octanol–water partition coefficient (Wildman–Crippen LogP) is 0.185. The van der Waals surface area contributed by atoms with Gasteiger partial charge in [0.1, 0.15) is 0 Å². The van der Waals surface area contributed by atoms with Gasteiger partial charge in [0.05, 0.1) is 0 Å². The average Bonchev–Trinajstić information content (AvgIpc) is 2.38. The molecule has 1 heterocycles. The molecule has 0 aromatic heterocycles. The molecule has 1 rings (SSSR count). The summed E-state index contributed by atoms with van der Waals surface area (Å²) >= 11 is 0. The SMILES string of the molecule is CN1CCC(CCNC(=O)NC(=O)/C=C/C(=O)O)CC1. The summed E-state index contributed by atoms with van der Waals surface area (Å²) < 4.78 is 0. The number of carbonyl (C=O) groups excluding carboxylic acids is 2. The van der Waals surface area contributed by atoms with E-state index in [-0.39, 0.29) is 0 Å². The van der Waals surface area contributed by atoms with Crippen LogP contribution in [0.4, 0.5) is 4.79 Å². The second-order valence-electron chi connectivity index (χ2n) is 4.95. The number of nitrogens with zero attached hydrogens (tertiary/aromatic N) is 1. The van der Waals surface area contributed by atoms with E-state index in [1.807, 2.05) is 5.32 Å². The fourth-order valence-electron chi connectivity index (χ4n) is 2.09. The maximum atomic E-state index is 11.4. The summed E-state index contributed by atoms with van der Waals surface area (Å²) in [6.07, 6.45) is 4.63. The first-order chi connectivity index (χ1) is 9.47. The molecule has 7 nitrogen and oxygen atoms in total. The third-order valence-electron chi connectivity index (χ3n) is 3.29. The maximum absolute atomic E-state index is 11.4. The van der Waals surface area contributed by atoms with Gasteiger partial charge in [0.2, 0.25) is 0 Å². The Hall–Kier alpha value is -1.89. The van der Waals surface area contributed by atoms with Crippen molar-refractivity contribution in [2.24, 2.45) is 5.92 Å². The number of carboxylic acid groups (broad SMARTS) is 1. The van der Waals surface area contributed by atoms with Crippen LogP contribution >= 0.6 is 0 Å². The van der Waals surface area contributed by atoms with Crippen LogP contribution in [0.15, 0.2) is 12.2 Å². The van der Waals surface area contributed by atoms with Crippen LogP contribution in [0.25, 0.3) is 0 Å². The molecule has 0 aliphatic carbocycles. The van der Waals surface area contributed by atoms with E-state index in [2.05, 4.69) is 17.3 Å². The third-order valence-corrected chi connectivity index (χ3v) is 3.29. The van der Waals surface area contributed by atoms with E-state index in [0.29, 0.717) is 18.5 Å². The number of urea groups is 1. The Balaban J connectivity index is 2.14. The molecule has 0 bridgehead atoms. The molecule has 1 aliphatic rings. The van der Waals surface area contributed by atoms with Crippen molar-refractivity contribution in [2.75, 3.05) is 26.7 Å². The molecule has 20 heavy (non-hydrogen) atoms. The molecular formula is C13H21N3O4. The van der Waals surface area contributed by atoms with Crippen LogP contribution in [-0.4, -0.2) is 54.6 Å². The second kappa shape index (κ2) is 8.31. The number of hydrogen-bond acceptors (Lipinski definition) is 4. The van der Waals surface area contributed by atoms with E-state index in [0.717, 1.165) is 38.4 Å². The number of imide groups is 1. The predicted molar refractivity (Wildman–Crippen MR) is 73.2 cm³/mol. The van der Waals surface area contributed by atoms with Gasteiger partial charge in [-0.25, -0.2) is 9.59 Å². The molecule has 1 saturated heterocycles. The van der Waals surface area contributed by atoms with Gasteiger partial charge in [-0.05, 0) is 45.3 Å². The number of nitrogens with one attached hydrogen (secondary N) is 2. The Bertz CT molecular complexity index is 387. The van der Waals surface area contributed by atoms with Crippen molar-refractivity contribution < 1.29 is 19.5 Å². The standard InChI is InChI=1S/C13H21N3O4/c1-16-8-5-10(6-9-16)4-7-14-13(20)15-11(17)2-3-12(18)19/h2-3,10H,4-9H2,1H3,(H,18,19)(H2,14,15,17,20)/b3-2+. The van der Waals surface area contributed by atoms with Crippen molar-refractivity contribution in [1.82, 2.24) is 15.5 Å². The van der Waals surface area contributed by atoms with Crippen LogP contribution in [0, 0.1) is 5.92 Å². The lowest BCUT2D eigenvalue weighted by Gasteiger charge is -2.28. The second-order valence-corrected chi connectivity index (χ2v) is 4.95. The number of rotatable bonds is 5. The van der Waals surface area contributed by atoms with Gasteiger partial charge in [-0.1, -0.05) is 0 Å². The zero-order chi connectivity index (χ0) is 15.0. The first kappa shape index (κ1) is 16.2. The molecule has 7 heteroatoms. The van der Waals surface area contributed by atoms with Gasteiger partial charge in [-0.2, -0.15) is 0 Å². The number of amides is 3. The van der Waals surface area contributed by atoms with Crippen molar-refractivity contribution >= 4 is 17.9 Å². The quantitative estimate of drug-likeness (QED) is 0.625. The Morgan fingerprint density at radius 3 is 2.50 bits per heavy atom. The average molecular weight is 283 g/mol. The summed E-state index contributed by atoms with van der Waals surface area (Å²) in [7, 11) is 2.10. The Morgan fingerprint density at radius 2 is 1.90 bits per heavy atom. The Kier molecular flexibility index (Phi) is 6.72. The minimum Gasteiger partial charge on any atom is -0.478 e. The molecule has 112 valence electrons. The molecule has 3 amide bonds. The molecule has 1 fully saturated rings.